The first-order valence-electron chi connectivity index (χ1n) is 13.3. The Morgan fingerprint density at radius 2 is 1.83 bits per heavy atom. The minimum Gasteiger partial charge on any atom is -0.462 e. The number of aromatic nitrogens is 1. The van der Waals surface area contributed by atoms with Gasteiger partial charge in [0.05, 0.1) is 24.4 Å². The van der Waals surface area contributed by atoms with Crippen molar-refractivity contribution in [1.82, 2.24) is 20.9 Å². The third-order valence-electron chi connectivity index (χ3n) is 6.04. The number of esters is 1. The maximum atomic E-state index is 13.2. The second-order valence-corrected chi connectivity index (χ2v) is 9.89. The van der Waals surface area contributed by atoms with Gasteiger partial charge in [-0.15, -0.1) is 0 Å². The number of halogens is 1. The molecule has 0 aliphatic carbocycles. The second kappa shape index (κ2) is 17.6. The van der Waals surface area contributed by atoms with E-state index in [0.29, 0.717) is 47.8 Å². The Hall–Kier alpha value is -4.00. The van der Waals surface area contributed by atoms with Crippen LogP contribution in [-0.4, -0.2) is 65.8 Å². The number of nitrogens with zero attached hydrogens (tertiary/aromatic N) is 1. The van der Waals surface area contributed by atoms with E-state index in [2.05, 4.69) is 48.8 Å². The highest BCUT2D eigenvalue weighted by molar-refractivity contribution is 9.09. The van der Waals surface area contributed by atoms with Crippen LogP contribution in [0.3, 0.4) is 0 Å². The van der Waals surface area contributed by atoms with E-state index in [0.717, 1.165) is 10.9 Å². The number of amides is 5. The smallest absolute Gasteiger partial charge is 0.334 e. The molecule has 2 aromatic rings. The van der Waals surface area contributed by atoms with Crippen molar-refractivity contribution in [3.63, 3.8) is 0 Å². The maximum Gasteiger partial charge on any atom is 0.334 e. The van der Waals surface area contributed by atoms with Crippen LogP contribution in [0.1, 0.15) is 44.1 Å². The number of pyridine rings is 1. The number of ether oxygens (including phenoxy) is 1. The van der Waals surface area contributed by atoms with Crippen molar-refractivity contribution in [3.8, 4) is 0 Å². The van der Waals surface area contributed by atoms with Crippen LogP contribution < -0.4 is 27.0 Å². The second-order valence-electron chi connectivity index (χ2n) is 9.33. The van der Waals surface area contributed by atoms with Gasteiger partial charge in [0.1, 0.15) is 6.04 Å². The van der Waals surface area contributed by atoms with E-state index < -0.39 is 29.9 Å². The molecule has 0 spiro atoms. The number of fused-ring (bicyclic) bond motifs is 1. The van der Waals surface area contributed by atoms with Crippen LogP contribution in [0.2, 0.25) is 0 Å². The molecule has 0 fully saturated rings. The third kappa shape index (κ3) is 12.0. The summed E-state index contributed by atoms with van der Waals surface area (Å²) in [5.74, 6) is -1.76. The van der Waals surface area contributed by atoms with Crippen LogP contribution in [0.4, 0.5) is 10.5 Å². The SMILES string of the molecule is C=C(CBr)C(=O)OCCCCCC(=O)NCC(=O)NC(CCCNC(N)=O)C(=O)Nc1ccc(C)c2cccnc12. The van der Waals surface area contributed by atoms with Gasteiger partial charge >= 0.3 is 12.0 Å². The zero-order valence-electron chi connectivity index (χ0n) is 23.1. The number of nitrogens with one attached hydrogen (secondary N) is 4. The fourth-order valence-electron chi connectivity index (χ4n) is 3.82. The van der Waals surface area contributed by atoms with Crippen LogP contribution in [0, 0.1) is 6.92 Å². The Bertz CT molecular complexity index is 1250. The standard InChI is InChI=1S/C28H37BrN6O6/c1-18-11-12-21(25-20(18)8-6-13-31-25)35-26(38)22(9-7-14-32-28(30)40)34-24(37)17-33-23(36)10-4-3-5-15-41-27(39)19(2)16-29/h6,8,11-13,22H,2-5,7,9-10,14-17H2,1H3,(H,33,36)(H,34,37)(H,35,38)(H3,30,32,40). The van der Waals surface area contributed by atoms with Crippen molar-refractivity contribution in [2.45, 2.75) is 51.5 Å². The molecule has 5 amide bonds. The van der Waals surface area contributed by atoms with Crippen LogP contribution >= 0.6 is 15.9 Å². The van der Waals surface area contributed by atoms with Gasteiger partial charge in [0.2, 0.25) is 17.7 Å². The van der Waals surface area contributed by atoms with Crippen LogP contribution in [0.15, 0.2) is 42.6 Å². The molecule has 1 aromatic carbocycles. The normalized spacial score (nSPS) is 11.3. The van der Waals surface area contributed by atoms with Crippen molar-refractivity contribution in [1.29, 1.82) is 0 Å². The fraction of sp³-hybridized carbons (Fsp3) is 0.429. The number of benzene rings is 1. The Morgan fingerprint density at radius 3 is 2.56 bits per heavy atom. The Labute approximate surface area is 247 Å². The molecule has 1 atom stereocenters. The summed E-state index contributed by atoms with van der Waals surface area (Å²) in [7, 11) is 0. The lowest BCUT2D eigenvalue weighted by atomic mass is 10.1. The molecular weight excluding hydrogens is 596 g/mol. The number of hydrogen-bond donors (Lipinski definition) is 5. The summed E-state index contributed by atoms with van der Waals surface area (Å²) < 4.78 is 5.06. The van der Waals surface area contributed by atoms with Crippen LogP contribution in [-0.2, 0) is 23.9 Å². The fourth-order valence-corrected chi connectivity index (χ4v) is 4.05. The summed E-state index contributed by atoms with van der Waals surface area (Å²) in [6, 6.07) is 5.72. The van der Waals surface area contributed by atoms with Gasteiger partial charge < -0.3 is 31.7 Å². The number of unbranched alkanes of at least 4 members (excludes halogenated alkanes) is 2. The number of carbonyl (C=O) groups is 5. The van der Waals surface area contributed by atoms with Gasteiger partial charge in [-0.2, -0.15) is 0 Å². The largest absolute Gasteiger partial charge is 0.462 e. The first-order chi connectivity index (χ1) is 19.6. The highest BCUT2D eigenvalue weighted by Gasteiger charge is 2.22. The van der Waals surface area contributed by atoms with Crippen molar-refractivity contribution in [2.24, 2.45) is 5.73 Å². The van der Waals surface area contributed by atoms with Crippen LogP contribution in [0.25, 0.3) is 10.9 Å². The van der Waals surface area contributed by atoms with Gasteiger partial charge in [-0.05, 0) is 56.7 Å². The molecule has 1 heterocycles. The topological polar surface area (TPSA) is 182 Å². The molecule has 41 heavy (non-hydrogen) atoms. The van der Waals surface area contributed by atoms with Crippen molar-refractivity contribution in [2.75, 3.05) is 30.3 Å². The number of carbonyl (C=O) groups excluding carboxylic acids is 5. The molecule has 2 rings (SSSR count). The predicted molar refractivity (Wildman–Crippen MR) is 159 cm³/mol. The molecular formula is C28H37BrN6O6. The van der Waals surface area contributed by atoms with E-state index in [1.807, 2.05) is 25.1 Å². The molecule has 13 heteroatoms. The summed E-state index contributed by atoms with van der Waals surface area (Å²) in [5.41, 5.74) is 7.57. The minimum absolute atomic E-state index is 0.200. The molecule has 0 radical (unpaired) electrons. The molecule has 0 aliphatic rings. The summed E-state index contributed by atoms with van der Waals surface area (Å²) in [5, 5.41) is 11.7. The monoisotopic (exact) mass is 632 g/mol. The lowest BCUT2D eigenvalue weighted by Crippen LogP contribution is -2.47. The van der Waals surface area contributed by atoms with Gasteiger partial charge in [-0.1, -0.05) is 34.6 Å². The minimum atomic E-state index is -0.933. The lowest BCUT2D eigenvalue weighted by Gasteiger charge is -2.19. The summed E-state index contributed by atoms with van der Waals surface area (Å²) >= 11 is 3.14. The molecule has 1 aromatic heterocycles. The number of primary amides is 1. The number of rotatable bonds is 17. The first kappa shape index (κ1) is 33.2. The van der Waals surface area contributed by atoms with E-state index in [9.17, 15) is 24.0 Å². The highest BCUT2D eigenvalue weighted by Crippen LogP contribution is 2.24. The van der Waals surface area contributed by atoms with Crippen molar-refractivity contribution >= 4 is 62.2 Å². The van der Waals surface area contributed by atoms with E-state index in [1.54, 1.807) is 12.3 Å². The molecule has 0 aliphatic heterocycles. The van der Waals surface area contributed by atoms with Gasteiger partial charge in [-0.3, -0.25) is 19.4 Å². The average molecular weight is 634 g/mol. The number of urea groups is 1. The summed E-state index contributed by atoms with van der Waals surface area (Å²) in [4.78, 5) is 64.8. The van der Waals surface area contributed by atoms with Crippen molar-refractivity contribution in [3.05, 3.63) is 48.2 Å². The number of aryl methyl sites for hydroxylation is 1. The summed E-state index contributed by atoms with van der Waals surface area (Å²) in [6.45, 7) is 5.69. The molecule has 6 N–H and O–H groups in total. The van der Waals surface area contributed by atoms with E-state index in [4.69, 9.17) is 10.5 Å². The summed E-state index contributed by atoms with van der Waals surface area (Å²) in [6.07, 6.45) is 4.25. The number of hydrogen-bond acceptors (Lipinski definition) is 7. The Kier molecular flexibility index (Phi) is 14.3. The number of alkyl halides is 1. The zero-order chi connectivity index (χ0) is 30.2. The molecule has 222 valence electrons. The maximum absolute atomic E-state index is 13.2. The average Bonchev–Trinajstić information content (AvgIpc) is 2.96. The van der Waals surface area contributed by atoms with Gasteiger partial charge in [-0.25, -0.2) is 9.59 Å². The molecule has 0 saturated heterocycles. The van der Waals surface area contributed by atoms with E-state index in [-0.39, 0.29) is 38.4 Å². The highest BCUT2D eigenvalue weighted by atomic mass is 79.9. The molecule has 0 saturated carbocycles. The zero-order valence-corrected chi connectivity index (χ0v) is 24.7. The molecule has 0 bridgehead atoms. The molecule has 1 unspecified atom stereocenters. The van der Waals surface area contributed by atoms with Gasteiger partial charge in [0.25, 0.3) is 0 Å². The third-order valence-corrected chi connectivity index (χ3v) is 6.72. The van der Waals surface area contributed by atoms with Gasteiger partial charge in [0, 0.05) is 35.5 Å². The quantitative estimate of drug-likeness (QED) is 0.0768. The number of nitrogens with two attached hydrogens (primary N) is 1. The predicted octanol–water partition coefficient (Wildman–Crippen LogP) is 2.59. The Morgan fingerprint density at radius 1 is 1.05 bits per heavy atom. The van der Waals surface area contributed by atoms with Gasteiger partial charge in [0.15, 0.2) is 0 Å². The molecule has 12 nitrogen and oxygen atoms in total. The Balaban J connectivity index is 1.85. The van der Waals surface area contributed by atoms with E-state index >= 15 is 0 Å². The van der Waals surface area contributed by atoms with Crippen LogP contribution in [0.5, 0.6) is 0 Å². The van der Waals surface area contributed by atoms with Crippen molar-refractivity contribution < 1.29 is 28.7 Å². The number of anilines is 1. The first-order valence-corrected chi connectivity index (χ1v) is 14.4. The van der Waals surface area contributed by atoms with E-state index in [1.165, 1.54) is 0 Å². The lowest BCUT2D eigenvalue weighted by molar-refractivity contribution is -0.139.